The lowest BCUT2D eigenvalue weighted by Crippen LogP contribution is -2.30. The molecule has 0 aliphatic carbocycles. The quantitative estimate of drug-likeness (QED) is 0.121. The molecule has 0 radical (unpaired) electrons. The topological polar surface area (TPSA) is 87.3 Å². The van der Waals surface area contributed by atoms with Crippen molar-refractivity contribution in [2.24, 2.45) is 0 Å². The first-order chi connectivity index (χ1) is 21.0. The van der Waals surface area contributed by atoms with E-state index in [0.717, 1.165) is 17.8 Å². The molecular weight excluding hydrogens is 611 g/mol. The maximum atomic E-state index is 13.4. The molecule has 1 atom stereocenters. The van der Waals surface area contributed by atoms with Crippen LogP contribution in [-0.4, -0.2) is 23.0 Å². The third kappa shape index (κ3) is 8.98. The molecule has 0 aromatic heterocycles. The lowest BCUT2D eigenvalue weighted by atomic mass is 10.1. The molecule has 44 heavy (non-hydrogen) atoms. The van der Waals surface area contributed by atoms with Gasteiger partial charge in [-0.3, -0.25) is 14.4 Å². The number of hydrogen-bond donors (Lipinski definition) is 3. The first-order valence-corrected chi connectivity index (χ1v) is 14.7. The van der Waals surface area contributed by atoms with Gasteiger partial charge in [-0.15, -0.1) is 11.8 Å². The number of carbonyl (C=O) groups is 3. The Kier molecular flexibility index (Phi) is 10.9. The second-order valence-electron chi connectivity index (χ2n) is 9.46. The van der Waals surface area contributed by atoms with Gasteiger partial charge in [-0.1, -0.05) is 67.1 Å². The van der Waals surface area contributed by atoms with Crippen LogP contribution in [0.3, 0.4) is 0 Å². The van der Waals surface area contributed by atoms with E-state index in [2.05, 4.69) is 16.0 Å². The Morgan fingerprint density at radius 2 is 1.57 bits per heavy atom. The van der Waals surface area contributed by atoms with Crippen LogP contribution in [0.1, 0.15) is 34.8 Å². The van der Waals surface area contributed by atoms with E-state index in [9.17, 15) is 27.6 Å². The molecule has 3 amide bonds. The highest BCUT2D eigenvalue weighted by Crippen LogP contribution is 2.35. The zero-order valence-electron chi connectivity index (χ0n) is 23.3. The lowest BCUT2D eigenvalue weighted by molar-refractivity contribution is -0.137. The van der Waals surface area contributed by atoms with Crippen molar-refractivity contribution in [1.29, 1.82) is 0 Å². The number of halogens is 4. The van der Waals surface area contributed by atoms with E-state index in [-0.39, 0.29) is 11.4 Å². The standard InChI is InChI=1S/C33H27ClF3N3O3S/c1-2-29(32(43)39-27-17-7-6-16-26(27)33(35,36)37)44-25-15-9-14-24(20-25)38-31(42)28(19-21-10-8-13-23(34)18-21)40-30(41)22-11-4-3-5-12-22/h3-20,29H,2H2,1H3,(H,38,42)(H,39,43)(H,40,41)/b28-19-. The summed E-state index contributed by atoms with van der Waals surface area (Å²) in [5, 5.41) is 7.56. The van der Waals surface area contributed by atoms with Crippen molar-refractivity contribution >= 4 is 58.5 Å². The molecule has 0 saturated heterocycles. The molecule has 0 bridgehead atoms. The van der Waals surface area contributed by atoms with Gasteiger partial charge in [-0.25, -0.2) is 0 Å². The molecule has 11 heteroatoms. The zero-order valence-corrected chi connectivity index (χ0v) is 24.9. The molecule has 0 saturated carbocycles. The number of amides is 3. The van der Waals surface area contributed by atoms with Crippen molar-refractivity contribution in [2.75, 3.05) is 10.6 Å². The highest BCUT2D eigenvalue weighted by molar-refractivity contribution is 8.00. The van der Waals surface area contributed by atoms with Crippen LogP contribution >= 0.6 is 23.4 Å². The highest BCUT2D eigenvalue weighted by Gasteiger charge is 2.34. The Morgan fingerprint density at radius 1 is 0.864 bits per heavy atom. The largest absolute Gasteiger partial charge is 0.418 e. The Morgan fingerprint density at radius 3 is 2.27 bits per heavy atom. The molecule has 3 N–H and O–H groups in total. The van der Waals surface area contributed by atoms with Crippen LogP contribution in [0.2, 0.25) is 5.02 Å². The maximum absolute atomic E-state index is 13.4. The third-order valence-corrected chi connectivity index (χ3v) is 7.81. The molecule has 0 spiro atoms. The monoisotopic (exact) mass is 637 g/mol. The zero-order chi connectivity index (χ0) is 31.7. The molecule has 0 heterocycles. The van der Waals surface area contributed by atoms with Crippen LogP contribution in [0, 0.1) is 0 Å². The van der Waals surface area contributed by atoms with E-state index in [1.165, 1.54) is 24.3 Å². The van der Waals surface area contributed by atoms with Gasteiger partial charge in [0.1, 0.15) is 5.70 Å². The van der Waals surface area contributed by atoms with Gasteiger partial charge in [-0.05, 0) is 72.7 Å². The molecule has 226 valence electrons. The SMILES string of the molecule is CCC(Sc1cccc(NC(=O)/C(=C/c2cccc(Cl)c2)NC(=O)c2ccccc2)c1)C(=O)Nc1ccccc1C(F)(F)F. The summed E-state index contributed by atoms with van der Waals surface area (Å²) in [6.07, 6.45) is -2.79. The van der Waals surface area contributed by atoms with Crippen LogP contribution in [0.5, 0.6) is 0 Å². The number of anilines is 2. The van der Waals surface area contributed by atoms with Crippen LogP contribution in [0.4, 0.5) is 24.5 Å². The molecule has 0 fully saturated rings. The summed E-state index contributed by atoms with van der Waals surface area (Å²) in [6, 6.07) is 26.6. The summed E-state index contributed by atoms with van der Waals surface area (Å²) in [4.78, 5) is 39.8. The number of carbonyl (C=O) groups excluding carboxylic acids is 3. The van der Waals surface area contributed by atoms with Crippen molar-refractivity contribution in [3.05, 3.63) is 131 Å². The lowest BCUT2D eigenvalue weighted by Gasteiger charge is -2.18. The van der Waals surface area contributed by atoms with Crippen molar-refractivity contribution in [3.8, 4) is 0 Å². The fraction of sp³-hybridized carbons (Fsp3) is 0.121. The fourth-order valence-corrected chi connectivity index (χ4v) is 5.30. The smallest absolute Gasteiger partial charge is 0.325 e. The first-order valence-electron chi connectivity index (χ1n) is 13.4. The van der Waals surface area contributed by atoms with Gasteiger partial charge in [0.05, 0.1) is 16.5 Å². The Bertz CT molecular complexity index is 1680. The van der Waals surface area contributed by atoms with Gasteiger partial charge < -0.3 is 16.0 Å². The molecule has 4 rings (SSSR count). The van der Waals surface area contributed by atoms with Crippen LogP contribution in [0.15, 0.2) is 114 Å². The van der Waals surface area contributed by atoms with E-state index < -0.39 is 34.7 Å². The number of benzene rings is 4. The second-order valence-corrected chi connectivity index (χ2v) is 11.2. The summed E-state index contributed by atoms with van der Waals surface area (Å²) < 4.78 is 40.2. The molecule has 4 aromatic carbocycles. The van der Waals surface area contributed by atoms with E-state index in [1.54, 1.807) is 85.8 Å². The van der Waals surface area contributed by atoms with Crippen molar-refractivity contribution in [3.63, 3.8) is 0 Å². The minimum atomic E-state index is -4.62. The summed E-state index contributed by atoms with van der Waals surface area (Å²) in [6.45, 7) is 1.75. The van der Waals surface area contributed by atoms with Crippen LogP contribution < -0.4 is 16.0 Å². The van der Waals surface area contributed by atoms with Crippen molar-refractivity contribution in [1.82, 2.24) is 5.32 Å². The molecule has 4 aromatic rings. The predicted molar refractivity (Wildman–Crippen MR) is 168 cm³/mol. The number of thioether (sulfide) groups is 1. The van der Waals surface area contributed by atoms with Gasteiger partial charge >= 0.3 is 6.18 Å². The van der Waals surface area contributed by atoms with E-state index >= 15 is 0 Å². The normalized spacial score (nSPS) is 12.2. The van der Waals surface area contributed by atoms with Crippen molar-refractivity contribution < 1.29 is 27.6 Å². The van der Waals surface area contributed by atoms with E-state index in [0.29, 0.717) is 33.2 Å². The van der Waals surface area contributed by atoms with Gasteiger partial charge in [0.15, 0.2) is 0 Å². The minimum Gasteiger partial charge on any atom is -0.325 e. The number of alkyl halides is 3. The van der Waals surface area contributed by atoms with Gasteiger partial charge in [0.2, 0.25) is 5.91 Å². The van der Waals surface area contributed by atoms with Crippen LogP contribution in [-0.2, 0) is 15.8 Å². The highest BCUT2D eigenvalue weighted by atomic mass is 35.5. The average Bonchev–Trinajstić information content (AvgIpc) is 3.00. The molecule has 0 aliphatic heterocycles. The Balaban J connectivity index is 1.51. The summed E-state index contributed by atoms with van der Waals surface area (Å²) in [5.41, 5.74) is 0.0409. The van der Waals surface area contributed by atoms with Gasteiger partial charge in [0, 0.05) is 21.2 Å². The number of rotatable bonds is 10. The Hall–Kier alpha value is -4.54. The summed E-state index contributed by atoms with van der Waals surface area (Å²) in [5.74, 6) is -1.67. The molecule has 1 unspecified atom stereocenters. The van der Waals surface area contributed by atoms with Gasteiger partial charge in [0.25, 0.3) is 11.8 Å². The van der Waals surface area contributed by atoms with E-state index in [1.807, 2.05) is 0 Å². The molecular formula is C33H27ClF3N3O3S. The average molecular weight is 638 g/mol. The number of nitrogens with one attached hydrogen (secondary N) is 3. The first kappa shape index (κ1) is 32.4. The minimum absolute atomic E-state index is 0.0340. The van der Waals surface area contributed by atoms with Gasteiger partial charge in [-0.2, -0.15) is 13.2 Å². The molecule has 6 nitrogen and oxygen atoms in total. The van der Waals surface area contributed by atoms with E-state index in [4.69, 9.17) is 11.6 Å². The summed E-state index contributed by atoms with van der Waals surface area (Å²) in [7, 11) is 0. The Labute approximate surface area is 261 Å². The number of hydrogen-bond acceptors (Lipinski definition) is 4. The maximum Gasteiger partial charge on any atom is 0.418 e. The van der Waals surface area contributed by atoms with Crippen molar-refractivity contribution in [2.45, 2.75) is 29.7 Å². The fourth-order valence-electron chi connectivity index (χ4n) is 4.09. The van der Waals surface area contributed by atoms with Crippen LogP contribution in [0.25, 0.3) is 6.08 Å². The predicted octanol–water partition coefficient (Wildman–Crippen LogP) is 8.28. The summed E-state index contributed by atoms with van der Waals surface area (Å²) >= 11 is 7.25. The number of para-hydroxylation sites is 1. The second kappa shape index (κ2) is 14.8. The molecule has 0 aliphatic rings. The third-order valence-electron chi connectivity index (χ3n) is 6.21.